The summed E-state index contributed by atoms with van der Waals surface area (Å²) >= 11 is 0. The second kappa shape index (κ2) is 11.6. The Hall–Kier alpha value is -1.77. The van der Waals surface area contributed by atoms with Gasteiger partial charge in [-0.05, 0) is 116 Å². The maximum Gasteiger partial charge on any atom is 0.411 e. The molecule has 0 aromatic heterocycles. The zero-order valence-electron chi connectivity index (χ0n) is 25.7. The molecule has 1 aromatic rings. The SMILES string of the molecule is CC[C@@H](CC[C@H](C)[C@H]1CC[C@H]2[C@@H]3CC=C4C[C@@H](OC(=O)Nc5ccccc5)CC[C@]4(C)[C@H]3CC[C@]12C)C(C)C. The molecule has 0 aliphatic heterocycles. The van der Waals surface area contributed by atoms with E-state index < -0.39 is 0 Å². The Morgan fingerprint density at radius 3 is 2.49 bits per heavy atom. The van der Waals surface area contributed by atoms with Gasteiger partial charge in [-0.15, -0.1) is 0 Å². The predicted octanol–water partition coefficient (Wildman–Crippen LogP) is 10.3. The minimum Gasteiger partial charge on any atom is -0.446 e. The molecule has 0 saturated heterocycles. The lowest BCUT2D eigenvalue weighted by atomic mass is 9.47. The van der Waals surface area contributed by atoms with Crippen molar-refractivity contribution in [1.29, 1.82) is 0 Å². The van der Waals surface area contributed by atoms with Gasteiger partial charge in [-0.3, -0.25) is 5.32 Å². The molecule has 0 unspecified atom stereocenters. The first-order valence-electron chi connectivity index (χ1n) is 16.4. The number of para-hydroxylation sites is 1. The van der Waals surface area contributed by atoms with Crippen molar-refractivity contribution in [3.8, 4) is 0 Å². The summed E-state index contributed by atoms with van der Waals surface area (Å²) in [6, 6.07) is 9.63. The number of rotatable bonds is 8. The van der Waals surface area contributed by atoms with Crippen molar-refractivity contribution < 1.29 is 9.53 Å². The molecule has 1 amide bonds. The number of benzene rings is 1. The quantitative estimate of drug-likeness (QED) is 0.338. The summed E-state index contributed by atoms with van der Waals surface area (Å²) < 4.78 is 5.92. The number of carbonyl (C=O) groups is 1. The summed E-state index contributed by atoms with van der Waals surface area (Å²) in [6.45, 7) is 15.1. The summed E-state index contributed by atoms with van der Waals surface area (Å²) in [5.74, 6) is 5.98. The van der Waals surface area contributed by atoms with E-state index in [-0.39, 0.29) is 17.6 Å². The van der Waals surface area contributed by atoms with E-state index in [2.05, 4.69) is 52.9 Å². The third-order valence-corrected chi connectivity index (χ3v) is 12.6. The van der Waals surface area contributed by atoms with Crippen molar-refractivity contribution in [2.45, 2.75) is 118 Å². The fourth-order valence-corrected chi connectivity index (χ4v) is 10.2. The van der Waals surface area contributed by atoms with Gasteiger partial charge in [0.05, 0.1) is 0 Å². The molecule has 3 heteroatoms. The number of nitrogens with one attached hydrogen (secondary N) is 1. The zero-order chi connectivity index (χ0) is 27.8. The molecule has 0 bridgehead atoms. The van der Waals surface area contributed by atoms with Crippen LogP contribution in [-0.4, -0.2) is 12.2 Å². The zero-order valence-corrected chi connectivity index (χ0v) is 25.7. The molecule has 0 radical (unpaired) electrons. The summed E-state index contributed by atoms with van der Waals surface area (Å²) in [5.41, 5.74) is 3.19. The Morgan fingerprint density at radius 2 is 1.77 bits per heavy atom. The Balaban J connectivity index is 1.22. The van der Waals surface area contributed by atoms with Gasteiger partial charge in [0, 0.05) is 12.1 Å². The fourth-order valence-electron chi connectivity index (χ4n) is 10.2. The summed E-state index contributed by atoms with van der Waals surface area (Å²) in [5, 5.41) is 2.90. The van der Waals surface area contributed by atoms with E-state index in [0.29, 0.717) is 5.41 Å². The summed E-state index contributed by atoms with van der Waals surface area (Å²) in [4.78, 5) is 12.6. The van der Waals surface area contributed by atoms with Gasteiger partial charge in [-0.25, -0.2) is 4.79 Å². The van der Waals surface area contributed by atoms with Gasteiger partial charge in [0.2, 0.25) is 0 Å². The van der Waals surface area contributed by atoms with Gasteiger partial charge < -0.3 is 4.74 Å². The first-order valence-corrected chi connectivity index (χ1v) is 16.4. The number of ether oxygens (including phenoxy) is 1. The smallest absolute Gasteiger partial charge is 0.411 e. The van der Waals surface area contributed by atoms with Gasteiger partial charge in [-0.1, -0.05) is 84.2 Å². The summed E-state index contributed by atoms with van der Waals surface area (Å²) in [6.07, 6.45) is 16.4. The van der Waals surface area contributed by atoms with Crippen LogP contribution < -0.4 is 5.32 Å². The molecule has 3 fully saturated rings. The van der Waals surface area contributed by atoms with E-state index in [9.17, 15) is 4.79 Å². The Labute approximate surface area is 238 Å². The average molecular weight is 534 g/mol. The largest absolute Gasteiger partial charge is 0.446 e. The highest BCUT2D eigenvalue weighted by atomic mass is 16.6. The number of amides is 1. The Bertz CT molecular complexity index is 1020. The molecule has 216 valence electrons. The van der Waals surface area contributed by atoms with Crippen molar-refractivity contribution in [1.82, 2.24) is 0 Å². The lowest BCUT2D eigenvalue weighted by Crippen LogP contribution is -2.51. The normalized spacial score (nSPS) is 37.2. The number of hydrogen-bond acceptors (Lipinski definition) is 2. The molecular weight excluding hydrogens is 478 g/mol. The van der Waals surface area contributed by atoms with Crippen LogP contribution in [0.15, 0.2) is 42.0 Å². The Kier molecular flexibility index (Phi) is 8.56. The highest BCUT2D eigenvalue weighted by Crippen LogP contribution is 2.67. The number of anilines is 1. The van der Waals surface area contributed by atoms with Crippen LogP contribution in [0.1, 0.15) is 112 Å². The highest BCUT2D eigenvalue weighted by Gasteiger charge is 2.59. The summed E-state index contributed by atoms with van der Waals surface area (Å²) in [7, 11) is 0. The molecule has 4 aliphatic carbocycles. The van der Waals surface area contributed by atoms with Crippen molar-refractivity contribution in [3.05, 3.63) is 42.0 Å². The van der Waals surface area contributed by atoms with Crippen LogP contribution in [0.4, 0.5) is 10.5 Å². The first-order chi connectivity index (χ1) is 18.7. The van der Waals surface area contributed by atoms with Crippen molar-refractivity contribution in [3.63, 3.8) is 0 Å². The molecule has 1 N–H and O–H groups in total. The van der Waals surface area contributed by atoms with Crippen LogP contribution in [0.2, 0.25) is 0 Å². The Morgan fingerprint density at radius 1 is 1.00 bits per heavy atom. The minimum absolute atomic E-state index is 0.00654. The molecule has 0 heterocycles. The third kappa shape index (κ3) is 5.58. The second-order valence-corrected chi connectivity index (χ2v) is 14.7. The standard InChI is InChI=1S/C36H55NO2/c1-7-26(24(2)3)14-13-25(4)31-17-18-32-30-16-15-27-23-29(39-34(38)37-28-11-9-8-10-12-28)19-21-35(27,5)33(30)20-22-36(31,32)6/h8-12,15,24-26,29-33H,7,13-14,16-23H2,1-6H3,(H,37,38)/t25-,26-,29-,30-,31+,32-,33-,35-,36+/m0/s1. The maximum absolute atomic E-state index is 12.6. The van der Waals surface area contributed by atoms with Gasteiger partial charge in [0.15, 0.2) is 0 Å². The van der Waals surface area contributed by atoms with Crippen molar-refractivity contribution in [2.24, 2.45) is 52.3 Å². The molecule has 39 heavy (non-hydrogen) atoms. The van der Waals surface area contributed by atoms with Crippen molar-refractivity contribution >= 4 is 11.8 Å². The van der Waals surface area contributed by atoms with E-state index >= 15 is 0 Å². The molecule has 3 nitrogen and oxygen atoms in total. The lowest BCUT2D eigenvalue weighted by Gasteiger charge is -2.58. The van der Waals surface area contributed by atoms with Crippen LogP contribution in [0.25, 0.3) is 0 Å². The predicted molar refractivity (Wildman–Crippen MR) is 163 cm³/mol. The van der Waals surface area contributed by atoms with Crippen LogP contribution >= 0.6 is 0 Å². The van der Waals surface area contributed by atoms with E-state index in [1.54, 1.807) is 5.57 Å². The second-order valence-electron chi connectivity index (χ2n) is 14.7. The van der Waals surface area contributed by atoms with Crippen molar-refractivity contribution in [2.75, 3.05) is 5.32 Å². The monoisotopic (exact) mass is 533 g/mol. The lowest BCUT2D eigenvalue weighted by molar-refractivity contribution is -0.0579. The van der Waals surface area contributed by atoms with E-state index in [1.807, 2.05) is 30.3 Å². The third-order valence-electron chi connectivity index (χ3n) is 12.6. The van der Waals surface area contributed by atoms with Gasteiger partial charge in [-0.2, -0.15) is 0 Å². The van der Waals surface area contributed by atoms with Gasteiger partial charge in [0.25, 0.3) is 0 Å². The molecule has 3 saturated carbocycles. The highest BCUT2D eigenvalue weighted by molar-refractivity contribution is 5.84. The van der Waals surface area contributed by atoms with Crippen LogP contribution in [0, 0.1) is 52.3 Å². The molecule has 4 aliphatic rings. The molecule has 5 rings (SSSR count). The molecular formula is C36H55NO2. The van der Waals surface area contributed by atoms with Gasteiger partial charge >= 0.3 is 6.09 Å². The fraction of sp³-hybridized carbons (Fsp3) is 0.750. The van der Waals surface area contributed by atoms with E-state index in [4.69, 9.17) is 4.74 Å². The van der Waals surface area contributed by atoms with Crippen LogP contribution in [0.3, 0.4) is 0 Å². The number of carbonyl (C=O) groups excluding carboxylic acids is 1. The van der Waals surface area contributed by atoms with E-state index in [1.165, 1.54) is 51.4 Å². The van der Waals surface area contributed by atoms with Gasteiger partial charge in [0.1, 0.15) is 6.10 Å². The average Bonchev–Trinajstić information content (AvgIpc) is 3.27. The first kappa shape index (κ1) is 28.7. The molecule has 0 spiro atoms. The van der Waals surface area contributed by atoms with E-state index in [0.717, 1.165) is 66.4 Å². The molecule has 9 atom stereocenters. The molecule has 1 aromatic carbocycles. The van der Waals surface area contributed by atoms with Crippen LogP contribution in [0.5, 0.6) is 0 Å². The number of fused-ring (bicyclic) bond motifs is 5. The number of allylic oxidation sites excluding steroid dienone is 1. The maximum atomic E-state index is 12.6. The topological polar surface area (TPSA) is 38.3 Å². The number of hydrogen-bond donors (Lipinski definition) is 1. The van der Waals surface area contributed by atoms with Crippen LogP contribution in [-0.2, 0) is 4.74 Å². The minimum atomic E-state index is -0.317.